The van der Waals surface area contributed by atoms with Crippen LogP contribution in [0.15, 0.2) is 0 Å². The van der Waals surface area contributed by atoms with Gasteiger partial charge in [0.2, 0.25) is 0 Å². The first-order valence-electron chi connectivity index (χ1n) is 3.38. The summed E-state index contributed by atoms with van der Waals surface area (Å²) >= 11 is 0. The summed E-state index contributed by atoms with van der Waals surface area (Å²) in [6, 6.07) is -0.687. The van der Waals surface area contributed by atoms with Crippen molar-refractivity contribution < 1.29 is 20.1 Å². The van der Waals surface area contributed by atoms with E-state index in [4.69, 9.17) is 20.7 Å². The highest BCUT2D eigenvalue weighted by Crippen LogP contribution is 2.16. The molecule has 0 spiro atoms. The molecular weight excluding hydrogens is 150 g/mol. The third kappa shape index (κ3) is 1.69. The Kier molecular flexibility index (Phi) is 2.80. The lowest BCUT2D eigenvalue weighted by Gasteiger charge is -2.34. The molecule has 1 fully saturated rings. The Labute approximate surface area is 64.4 Å². The summed E-state index contributed by atoms with van der Waals surface area (Å²) in [5.41, 5.74) is 5.31. The second-order valence-corrected chi connectivity index (χ2v) is 2.55. The zero-order valence-corrected chi connectivity index (χ0v) is 5.92. The number of rotatable bonds is 1. The maximum Gasteiger partial charge on any atom is 0.110 e. The SMILES string of the molecule is NC1[CH]OC(CO)C(O)C1O. The highest BCUT2D eigenvalue weighted by atomic mass is 16.5. The molecule has 0 aromatic carbocycles. The van der Waals surface area contributed by atoms with Gasteiger partial charge in [-0.05, 0) is 0 Å². The standard InChI is InChI=1S/C6H12NO4/c7-3-2-11-4(1-8)6(10)5(3)9/h2-6,8-10H,1,7H2. The Hall–Kier alpha value is -0.200. The van der Waals surface area contributed by atoms with Gasteiger partial charge in [-0.25, -0.2) is 0 Å². The van der Waals surface area contributed by atoms with Crippen LogP contribution in [0.4, 0.5) is 0 Å². The van der Waals surface area contributed by atoms with Gasteiger partial charge in [0.15, 0.2) is 0 Å². The summed E-state index contributed by atoms with van der Waals surface area (Å²) in [6.07, 6.45) is -2.93. The third-order valence-corrected chi connectivity index (χ3v) is 1.72. The maximum absolute atomic E-state index is 9.17. The van der Waals surface area contributed by atoms with Crippen LogP contribution in [-0.4, -0.2) is 46.3 Å². The number of hydrogen-bond acceptors (Lipinski definition) is 5. The first-order valence-corrected chi connectivity index (χ1v) is 3.38. The maximum atomic E-state index is 9.17. The fraction of sp³-hybridized carbons (Fsp3) is 0.833. The van der Waals surface area contributed by atoms with Crippen molar-refractivity contribution in [2.75, 3.05) is 6.61 Å². The van der Waals surface area contributed by atoms with Gasteiger partial charge in [0, 0.05) is 0 Å². The molecule has 1 rings (SSSR count). The van der Waals surface area contributed by atoms with Crippen molar-refractivity contribution in [1.82, 2.24) is 0 Å². The molecule has 1 heterocycles. The van der Waals surface area contributed by atoms with Crippen LogP contribution in [0.25, 0.3) is 0 Å². The number of aliphatic hydroxyl groups excluding tert-OH is 3. The molecule has 0 aromatic heterocycles. The molecule has 1 saturated heterocycles. The molecule has 5 nitrogen and oxygen atoms in total. The summed E-state index contributed by atoms with van der Waals surface area (Å²) in [6.45, 7) is 0.889. The molecule has 1 radical (unpaired) electrons. The van der Waals surface area contributed by atoms with Crippen LogP contribution in [0, 0.1) is 6.61 Å². The predicted octanol–water partition coefficient (Wildman–Crippen LogP) is -2.41. The zero-order valence-electron chi connectivity index (χ0n) is 5.92. The summed E-state index contributed by atoms with van der Waals surface area (Å²) in [5, 5.41) is 26.9. The van der Waals surface area contributed by atoms with E-state index in [2.05, 4.69) is 0 Å². The molecule has 0 bridgehead atoms. The van der Waals surface area contributed by atoms with E-state index in [1.807, 2.05) is 0 Å². The molecule has 11 heavy (non-hydrogen) atoms. The molecule has 1 aliphatic heterocycles. The van der Waals surface area contributed by atoms with Gasteiger partial charge < -0.3 is 25.8 Å². The molecule has 0 amide bonds. The van der Waals surface area contributed by atoms with Crippen molar-refractivity contribution in [3.63, 3.8) is 0 Å². The highest BCUT2D eigenvalue weighted by Gasteiger charge is 2.36. The molecule has 5 N–H and O–H groups in total. The van der Waals surface area contributed by atoms with E-state index >= 15 is 0 Å². The average Bonchev–Trinajstić information content (AvgIpc) is 2.01. The summed E-state index contributed by atoms with van der Waals surface area (Å²) < 4.78 is 4.81. The highest BCUT2D eigenvalue weighted by molar-refractivity contribution is 4.93. The first kappa shape index (κ1) is 8.89. The molecule has 65 valence electrons. The van der Waals surface area contributed by atoms with Crippen LogP contribution in [0.1, 0.15) is 0 Å². The van der Waals surface area contributed by atoms with Gasteiger partial charge in [-0.2, -0.15) is 0 Å². The molecule has 0 aliphatic carbocycles. The second kappa shape index (κ2) is 3.46. The number of nitrogens with two attached hydrogens (primary N) is 1. The monoisotopic (exact) mass is 162 g/mol. The van der Waals surface area contributed by atoms with E-state index in [0.29, 0.717) is 0 Å². The molecule has 0 aromatic rings. The second-order valence-electron chi connectivity index (χ2n) is 2.55. The number of ether oxygens (including phenoxy) is 1. The molecule has 1 aliphatic rings. The van der Waals surface area contributed by atoms with Crippen LogP contribution >= 0.6 is 0 Å². The zero-order chi connectivity index (χ0) is 8.43. The molecule has 5 heteroatoms. The van der Waals surface area contributed by atoms with Gasteiger partial charge in [0.1, 0.15) is 24.9 Å². The van der Waals surface area contributed by atoms with Crippen molar-refractivity contribution in [2.45, 2.75) is 24.4 Å². The summed E-state index contributed by atoms with van der Waals surface area (Å²) in [4.78, 5) is 0. The molecule has 0 saturated carbocycles. The molecule has 4 unspecified atom stereocenters. The van der Waals surface area contributed by atoms with E-state index in [1.165, 1.54) is 6.61 Å². The predicted molar refractivity (Wildman–Crippen MR) is 36.2 cm³/mol. The van der Waals surface area contributed by atoms with Crippen LogP contribution in [-0.2, 0) is 4.74 Å². The fourth-order valence-electron chi connectivity index (χ4n) is 0.951. The van der Waals surface area contributed by atoms with Crippen molar-refractivity contribution >= 4 is 0 Å². The van der Waals surface area contributed by atoms with Crippen LogP contribution in [0.3, 0.4) is 0 Å². The van der Waals surface area contributed by atoms with Crippen molar-refractivity contribution in [3.8, 4) is 0 Å². The normalized spacial score (nSPS) is 45.8. The minimum absolute atomic E-state index is 0.332. The lowest BCUT2D eigenvalue weighted by molar-refractivity contribution is -0.132. The lowest BCUT2D eigenvalue weighted by Crippen LogP contribution is -2.55. The average molecular weight is 162 g/mol. The number of aliphatic hydroxyl groups is 3. The minimum atomic E-state index is -1.11. The molecular formula is C6H12NO4. The summed E-state index contributed by atoms with van der Waals surface area (Å²) in [7, 11) is 0. The van der Waals surface area contributed by atoms with Crippen molar-refractivity contribution in [3.05, 3.63) is 6.61 Å². The van der Waals surface area contributed by atoms with Gasteiger partial charge >= 0.3 is 0 Å². The Morgan fingerprint density at radius 3 is 2.55 bits per heavy atom. The lowest BCUT2D eigenvalue weighted by atomic mass is 9.99. The van der Waals surface area contributed by atoms with Crippen LogP contribution in [0.2, 0.25) is 0 Å². The van der Waals surface area contributed by atoms with Gasteiger partial charge in [-0.15, -0.1) is 0 Å². The number of hydrogen-bond donors (Lipinski definition) is 4. The minimum Gasteiger partial charge on any atom is -0.394 e. The van der Waals surface area contributed by atoms with Crippen LogP contribution < -0.4 is 5.73 Å². The van der Waals surface area contributed by atoms with Gasteiger partial charge in [0.25, 0.3) is 0 Å². The molecule has 4 atom stereocenters. The Morgan fingerprint density at radius 2 is 2.00 bits per heavy atom. The Morgan fingerprint density at radius 1 is 1.36 bits per heavy atom. The quantitative estimate of drug-likeness (QED) is 0.344. The smallest absolute Gasteiger partial charge is 0.110 e. The topological polar surface area (TPSA) is 95.9 Å². The van der Waals surface area contributed by atoms with Crippen LogP contribution in [0.5, 0.6) is 0 Å². The van der Waals surface area contributed by atoms with Gasteiger partial charge in [0.05, 0.1) is 12.6 Å². The third-order valence-electron chi connectivity index (χ3n) is 1.72. The van der Waals surface area contributed by atoms with E-state index in [0.717, 1.165) is 0 Å². The first-order chi connectivity index (χ1) is 5.16. The Bertz CT molecular complexity index is 130. The van der Waals surface area contributed by atoms with Gasteiger partial charge in [-0.1, -0.05) is 0 Å². The Balaban J connectivity index is 2.52. The summed E-state index contributed by atoms with van der Waals surface area (Å²) in [5.74, 6) is 0. The van der Waals surface area contributed by atoms with E-state index in [1.54, 1.807) is 0 Å². The van der Waals surface area contributed by atoms with Crippen molar-refractivity contribution in [1.29, 1.82) is 0 Å². The van der Waals surface area contributed by atoms with Gasteiger partial charge in [-0.3, -0.25) is 0 Å². The van der Waals surface area contributed by atoms with E-state index in [-0.39, 0.29) is 6.61 Å². The van der Waals surface area contributed by atoms with E-state index in [9.17, 15) is 5.11 Å². The van der Waals surface area contributed by atoms with Crippen molar-refractivity contribution in [2.24, 2.45) is 5.73 Å². The fourth-order valence-corrected chi connectivity index (χ4v) is 0.951. The largest absolute Gasteiger partial charge is 0.394 e. The van der Waals surface area contributed by atoms with E-state index < -0.39 is 24.4 Å².